The molecule has 1 unspecified atom stereocenters. The Morgan fingerprint density at radius 1 is 1.37 bits per heavy atom. The topological polar surface area (TPSA) is 42.0 Å². The molecule has 0 spiro atoms. The first-order valence-electron chi connectivity index (χ1n) is 6.29. The predicted octanol–water partition coefficient (Wildman–Crippen LogP) is 2.84. The van der Waals surface area contributed by atoms with Crippen LogP contribution in [-0.2, 0) is 11.2 Å². The van der Waals surface area contributed by atoms with Crippen molar-refractivity contribution in [1.29, 1.82) is 0 Å². The lowest BCUT2D eigenvalue weighted by molar-refractivity contribution is -0.118. The number of nitrogens with zero attached hydrogens (tertiary/aromatic N) is 1. The van der Waals surface area contributed by atoms with Gasteiger partial charge < -0.3 is 5.32 Å². The van der Waals surface area contributed by atoms with Gasteiger partial charge >= 0.3 is 0 Å². The van der Waals surface area contributed by atoms with Crippen molar-refractivity contribution in [2.45, 2.75) is 26.3 Å². The van der Waals surface area contributed by atoms with Crippen molar-refractivity contribution in [2.75, 3.05) is 7.05 Å². The molecule has 0 fully saturated rings. The highest BCUT2D eigenvalue weighted by Gasteiger charge is 2.12. The van der Waals surface area contributed by atoms with Gasteiger partial charge in [-0.2, -0.15) is 0 Å². The SMILES string of the molecule is CNC(Cc1ccc(-c2scnc2C)cc1)C(C)=O. The number of thiazole rings is 1. The Morgan fingerprint density at radius 2 is 2.05 bits per heavy atom. The molecule has 0 bridgehead atoms. The number of rotatable bonds is 5. The number of likely N-dealkylation sites (N-methyl/N-ethyl adjacent to an activating group) is 1. The molecule has 19 heavy (non-hydrogen) atoms. The monoisotopic (exact) mass is 274 g/mol. The fourth-order valence-corrected chi connectivity index (χ4v) is 2.87. The highest BCUT2D eigenvalue weighted by atomic mass is 32.1. The highest BCUT2D eigenvalue weighted by Crippen LogP contribution is 2.27. The molecule has 1 N–H and O–H groups in total. The number of aryl methyl sites for hydroxylation is 1. The summed E-state index contributed by atoms with van der Waals surface area (Å²) in [5, 5.41) is 3.04. The van der Waals surface area contributed by atoms with Crippen molar-refractivity contribution >= 4 is 17.1 Å². The average Bonchev–Trinajstić information content (AvgIpc) is 2.82. The molecule has 0 saturated carbocycles. The van der Waals surface area contributed by atoms with Crippen molar-refractivity contribution < 1.29 is 4.79 Å². The normalized spacial score (nSPS) is 12.4. The first-order chi connectivity index (χ1) is 9.11. The van der Waals surface area contributed by atoms with Crippen molar-refractivity contribution in [3.63, 3.8) is 0 Å². The van der Waals surface area contributed by atoms with Crippen LogP contribution in [0.1, 0.15) is 18.2 Å². The predicted molar refractivity (Wildman–Crippen MR) is 79.5 cm³/mol. The van der Waals surface area contributed by atoms with Crippen molar-refractivity contribution in [3.05, 3.63) is 41.0 Å². The van der Waals surface area contributed by atoms with Crippen LogP contribution in [0.15, 0.2) is 29.8 Å². The number of hydrogen-bond donors (Lipinski definition) is 1. The van der Waals surface area contributed by atoms with Crippen LogP contribution in [0, 0.1) is 6.92 Å². The zero-order valence-electron chi connectivity index (χ0n) is 11.4. The average molecular weight is 274 g/mol. The summed E-state index contributed by atoms with van der Waals surface area (Å²) >= 11 is 1.65. The van der Waals surface area contributed by atoms with E-state index in [9.17, 15) is 4.79 Å². The van der Waals surface area contributed by atoms with Gasteiger partial charge in [0.2, 0.25) is 0 Å². The van der Waals surface area contributed by atoms with Gasteiger partial charge in [0.15, 0.2) is 0 Å². The van der Waals surface area contributed by atoms with E-state index >= 15 is 0 Å². The molecule has 4 heteroatoms. The van der Waals surface area contributed by atoms with Crippen molar-refractivity contribution in [1.82, 2.24) is 10.3 Å². The van der Waals surface area contributed by atoms with Gasteiger partial charge in [-0.05, 0) is 38.4 Å². The van der Waals surface area contributed by atoms with Crippen LogP contribution in [0.3, 0.4) is 0 Å². The van der Waals surface area contributed by atoms with E-state index in [1.54, 1.807) is 18.3 Å². The molecule has 2 aromatic rings. The van der Waals surface area contributed by atoms with Gasteiger partial charge in [-0.1, -0.05) is 24.3 Å². The van der Waals surface area contributed by atoms with E-state index in [4.69, 9.17) is 0 Å². The molecule has 0 radical (unpaired) electrons. The van der Waals surface area contributed by atoms with Crippen LogP contribution in [0.2, 0.25) is 0 Å². The minimum Gasteiger partial charge on any atom is -0.310 e. The van der Waals surface area contributed by atoms with Gasteiger partial charge in [0, 0.05) is 0 Å². The highest BCUT2D eigenvalue weighted by molar-refractivity contribution is 7.13. The molecule has 0 amide bonds. The van der Waals surface area contributed by atoms with Crippen LogP contribution in [-0.4, -0.2) is 23.9 Å². The summed E-state index contributed by atoms with van der Waals surface area (Å²) in [5.41, 5.74) is 5.29. The molecule has 0 aliphatic rings. The summed E-state index contributed by atoms with van der Waals surface area (Å²) in [6.45, 7) is 3.64. The fraction of sp³-hybridized carbons (Fsp3) is 0.333. The summed E-state index contributed by atoms with van der Waals surface area (Å²) in [6.07, 6.45) is 0.730. The maximum absolute atomic E-state index is 11.4. The smallest absolute Gasteiger partial charge is 0.147 e. The Bertz CT molecular complexity index is 560. The first-order valence-corrected chi connectivity index (χ1v) is 7.17. The summed E-state index contributed by atoms with van der Waals surface area (Å²) in [4.78, 5) is 16.9. The van der Waals surface area contributed by atoms with E-state index < -0.39 is 0 Å². The van der Waals surface area contributed by atoms with Gasteiger partial charge in [0.1, 0.15) is 5.78 Å². The van der Waals surface area contributed by atoms with E-state index in [1.807, 2.05) is 19.5 Å². The number of ketones is 1. The molecule has 3 nitrogen and oxygen atoms in total. The lowest BCUT2D eigenvalue weighted by Gasteiger charge is -2.12. The molecule has 100 valence electrons. The molecular formula is C15H18N2OS. The van der Waals surface area contributed by atoms with Crippen LogP contribution in [0.25, 0.3) is 10.4 Å². The number of hydrogen-bond acceptors (Lipinski definition) is 4. The van der Waals surface area contributed by atoms with E-state index in [-0.39, 0.29) is 11.8 Å². The Kier molecular flexibility index (Phi) is 4.45. The van der Waals surface area contributed by atoms with Gasteiger partial charge in [0.05, 0.1) is 22.1 Å². The minimum atomic E-state index is -0.101. The molecule has 2 rings (SSSR count). The molecule has 1 aromatic carbocycles. The molecule has 1 atom stereocenters. The standard InChI is InChI=1S/C15H18N2OS/c1-10-15(19-9-17-10)13-6-4-12(5-7-13)8-14(16-3)11(2)18/h4-7,9,14,16H,8H2,1-3H3. The zero-order valence-corrected chi connectivity index (χ0v) is 12.3. The quantitative estimate of drug-likeness (QED) is 0.911. The fourth-order valence-electron chi connectivity index (χ4n) is 2.06. The summed E-state index contributed by atoms with van der Waals surface area (Å²) in [5.74, 6) is 0.171. The van der Waals surface area contributed by atoms with Crippen LogP contribution < -0.4 is 5.32 Å². The van der Waals surface area contributed by atoms with Crippen LogP contribution >= 0.6 is 11.3 Å². The Balaban J connectivity index is 2.15. The van der Waals surface area contributed by atoms with Crippen LogP contribution in [0.4, 0.5) is 0 Å². The second-order valence-electron chi connectivity index (χ2n) is 4.62. The van der Waals surface area contributed by atoms with Gasteiger partial charge in [-0.15, -0.1) is 11.3 Å². The molecule has 0 saturated heterocycles. The Labute approximate surface area is 117 Å². The third-order valence-electron chi connectivity index (χ3n) is 3.24. The summed E-state index contributed by atoms with van der Waals surface area (Å²) in [7, 11) is 1.82. The largest absolute Gasteiger partial charge is 0.310 e. The second kappa shape index (κ2) is 6.08. The maximum Gasteiger partial charge on any atom is 0.147 e. The number of carbonyl (C=O) groups is 1. The lowest BCUT2D eigenvalue weighted by Crippen LogP contribution is -2.34. The van der Waals surface area contributed by atoms with Crippen molar-refractivity contribution in [2.24, 2.45) is 0 Å². The second-order valence-corrected chi connectivity index (χ2v) is 5.47. The summed E-state index contributed by atoms with van der Waals surface area (Å²) in [6, 6.07) is 8.27. The Morgan fingerprint density at radius 3 is 2.53 bits per heavy atom. The van der Waals surface area contributed by atoms with E-state index in [0.29, 0.717) is 0 Å². The molecular weight excluding hydrogens is 256 g/mol. The molecule has 0 aliphatic heterocycles. The van der Waals surface area contributed by atoms with Crippen LogP contribution in [0.5, 0.6) is 0 Å². The molecule has 1 heterocycles. The molecule has 1 aromatic heterocycles. The van der Waals surface area contributed by atoms with Gasteiger partial charge in [-0.3, -0.25) is 4.79 Å². The maximum atomic E-state index is 11.4. The lowest BCUT2D eigenvalue weighted by atomic mass is 10.0. The molecule has 0 aliphatic carbocycles. The third kappa shape index (κ3) is 3.28. The van der Waals surface area contributed by atoms with E-state index in [1.165, 1.54) is 16.0 Å². The minimum absolute atomic E-state index is 0.101. The third-order valence-corrected chi connectivity index (χ3v) is 4.22. The van der Waals surface area contributed by atoms with E-state index in [2.05, 4.69) is 34.6 Å². The first kappa shape index (κ1) is 13.9. The van der Waals surface area contributed by atoms with Gasteiger partial charge in [0.25, 0.3) is 0 Å². The zero-order chi connectivity index (χ0) is 13.8. The van der Waals surface area contributed by atoms with Crippen molar-refractivity contribution in [3.8, 4) is 10.4 Å². The number of benzene rings is 1. The Hall–Kier alpha value is -1.52. The summed E-state index contributed by atoms with van der Waals surface area (Å²) < 4.78 is 0. The number of carbonyl (C=O) groups excluding carboxylic acids is 1. The number of aromatic nitrogens is 1. The number of Topliss-reactive ketones (excluding diaryl/α,β-unsaturated/α-hetero) is 1. The van der Waals surface area contributed by atoms with Gasteiger partial charge in [-0.25, -0.2) is 4.98 Å². The van der Waals surface area contributed by atoms with E-state index in [0.717, 1.165) is 12.1 Å². The number of nitrogens with one attached hydrogen (secondary N) is 1.